The lowest BCUT2D eigenvalue weighted by Gasteiger charge is -2.19. The molecule has 2 rings (SSSR count). The molecule has 1 atom stereocenters. The van der Waals surface area contributed by atoms with Gasteiger partial charge in [-0.15, -0.1) is 0 Å². The summed E-state index contributed by atoms with van der Waals surface area (Å²) >= 11 is 0. The van der Waals surface area contributed by atoms with Crippen LogP contribution in [0.15, 0.2) is 30.5 Å². The van der Waals surface area contributed by atoms with Gasteiger partial charge in [0.15, 0.2) is 0 Å². The second-order valence-corrected chi connectivity index (χ2v) is 5.13. The first-order chi connectivity index (χ1) is 9.08. The Morgan fingerprint density at radius 3 is 2.42 bits per heavy atom. The Labute approximate surface area is 115 Å². The topological polar surface area (TPSA) is 37.8 Å². The lowest BCUT2D eigenvalue weighted by atomic mass is 9.95. The molecule has 0 aliphatic rings. The summed E-state index contributed by atoms with van der Waals surface area (Å²) in [5, 5.41) is 11.5. The van der Waals surface area contributed by atoms with Crippen LogP contribution in [0.25, 0.3) is 0 Å². The van der Waals surface area contributed by atoms with Crippen molar-refractivity contribution >= 4 is 0 Å². The fraction of sp³-hybridized carbons (Fsp3) is 0.375. The second kappa shape index (κ2) is 5.93. The summed E-state index contributed by atoms with van der Waals surface area (Å²) in [6.07, 6.45) is 1.70. The van der Waals surface area contributed by atoms with Crippen molar-refractivity contribution in [1.29, 1.82) is 0 Å². The van der Waals surface area contributed by atoms with Gasteiger partial charge in [-0.2, -0.15) is 10.2 Å². The number of rotatable bonds is 4. The highest BCUT2D eigenvalue weighted by atomic mass is 15.1. The van der Waals surface area contributed by atoms with Crippen molar-refractivity contribution in [3.63, 3.8) is 0 Å². The summed E-state index contributed by atoms with van der Waals surface area (Å²) < 4.78 is 0. The van der Waals surface area contributed by atoms with E-state index in [2.05, 4.69) is 55.3 Å². The third-order valence-corrected chi connectivity index (χ3v) is 3.39. The predicted octanol–water partition coefficient (Wildman–Crippen LogP) is 3.25. The Balaban J connectivity index is 2.10. The van der Waals surface area contributed by atoms with Crippen LogP contribution in [0.3, 0.4) is 0 Å². The van der Waals surface area contributed by atoms with Crippen LogP contribution in [0.1, 0.15) is 40.9 Å². The van der Waals surface area contributed by atoms with Crippen molar-refractivity contribution in [3.8, 4) is 0 Å². The molecule has 0 fully saturated rings. The quantitative estimate of drug-likeness (QED) is 0.911. The highest BCUT2D eigenvalue weighted by Crippen LogP contribution is 2.23. The van der Waals surface area contributed by atoms with Gasteiger partial charge >= 0.3 is 0 Å². The summed E-state index contributed by atoms with van der Waals surface area (Å²) in [5.74, 6) is 0. The number of nitrogens with one attached hydrogen (secondary N) is 1. The molecule has 1 heterocycles. The van der Waals surface area contributed by atoms with Gasteiger partial charge in [0.1, 0.15) is 0 Å². The summed E-state index contributed by atoms with van der Waals surface area (Å²) in [6, 6.07) is 8.69. The lowest BCUT2D eigenvalue weighted by molar-refractivity contribution is 0.559. The zero-order chi connectivity index (χ0) is 13.8. The van der Waals surface area contributed by atoms with Crippen molar-refractivity contribution in [3.05, 3.63) is 58.4 Å². The van der Waals surface area contributed by atoms with E-state index in [0.717, 1.165) is 12.2 Å². The fourth-order valence-electron chi connectivity index (χ4n) is 2.66. The van der Waals surface area contributed by atoms with E-state index in [0.29, 0.717) is 6.04 Å². The maximum absolute atomic E-state index is 4.09. The van der Waals surface area contributed by atoms with Crippen LogP contribution in [0.4, 0.5) is 0 Å². The fourth-order valence-corrected chi connectivity index (χ4v) is 2.66. The molecule has 0 radical (unpaired) electrons. The normalized spacial score (nSPS) is 12.4. The van der Waals surface area contributed by atoms with Crippen molar-refractivity contribution in [1.82, 2.24) is 15.5 Å². The summed E-state index contributed by atoms with van der Waals surface area (Å²) in [5.41, 5.74) is 6.36. The van der Waals surface area contributed by atoms with E-state index in [-0.39, 0.29) is 0 Å². The molecular weight excluding hydrogens is 234 g/mol. The standard InChI is InChI=1S/C16H21N3/c1-11-8-12(2)16(13(3)9-11)14(4)17-10-15-6-5-7-18-19-15/h5-9,14,17H,10H2,1-4H3. The van der Waals surface area contributed by atoms with Gasteiger partial charge in [-0.25, -0.2) is 0 Å². The molecule has 3 heteroatoms. The van der Waals surface area contributed by atoms with Crippen LogP contribution in [0.2, 0.25) is 0 Å². The molecule has 1 aromatic heterocycles. The van der Waals surface area contributed by atoms with Crippen LogP contribution in [0.5, 0.6) is 0 Å². The van der Waals surface area contributed by atoms with E-state index in [9.17, 15) is 0 Å². The molecule has 2 aromatic rings. The minimum atomic E-state index is 0.308. The van der Waals surface area contributed by atoms with Gasteiger partial charge < -0.3 is 5.32 Å². The van der Waals surface area contributed by atoms with Crippen molar-refractivity contribution in [2.75, 3.05) is 0 Å². The third kappa shape index (κ3) is 3.38. The van der Waals surface area contributed by atoms with Crippen molar-refractivity contribution in [2.45, 2.75) is 40.3 Å². The van der Waals surface area contributed by atoms with Gasteiger partial charge in [0.2, 0.25) is 0 Å². The minimum absolute atomic E-state index is 0.308. The van der Waals surface area contributed by atoms with Crippen molar-refractivity contribution in [2.24, 2.45) is 0 Å². The maximum Gasteiger partial charge on any atom is 0.0769 e. The Morgan fingerprint density at radius 2 is 1.84 bits per heavy atom. The van der Waals surface area contributed by atoms with Crippen LogP contribution in [-0.4, -0.2) is 10.2 Å². The van der Waals surface area contributed by atoms with E-state index < -0.39 is 0 Å². The van der Waals surface area contributed by atoms with E-state index in [1.165, 1.54) is 22.3 Å². The summed E-state index contributed by atoms with van der Waals surface area (Å²) in [6.45, 7) is 9.43. The van der Waals surface area contributed by atoms with Crippen LogP contribution < -0.4 is 5.32 Å². The molecule has 0 aliphatic heterocycles. The predicted molar refractivity (Wildman–Crippen MR) is 77.9 cm³/mol. The Kier molecular flexibility index (Phi) is 4.27. The molecule has 100 valence electrons. The van der Waals surface area contributed by atoms with Gasteiger partial charge in [-0.05, 0) is 56.5 Å². The molecule has 19 heavy (non-hydrogen) atoms. The number of hydrogen-bond acceptors (Lipinski definition) is 3. The third-order valence-electron chi connectivity index (χ3n) is 3.39. The van der Waals surface area contributed by atoms with Gasteiger partial charge in [0.25, 0.3) is 0 Å². The number of nitrogens with zero attached hydrogens (tertiary/aromatic N) is 2. The van der Waals surface area contributed by atoms with Gasteiger partial charge in [0, 0.05) is 18.8 Å². The molecule has 0 saturated carbocycles. The zero-order valence-corrected chi connectivity index (χ0v) is 12.1. The molecule has 1 unspecified atom stereocenters. The Hall–Kier alpha value is -1.74. The Morgan fingerprint density at radius 1 is 1.16 bits per heavy atom. The molecule has 3 nitrogen and oxygen atoms in total. The van der Waals surface area contributed by atoms with E-state index >= 15 is 0 Å². The molecule has 0 saturated heterocycles. The van der Waals surface area contributed by atoms with E-state index in [4.69, 9.17) is 0 Å². The smallest absolute Gasteiger partial charge is 0.0769 e. The molecule has 1 N–H and O–H groups in total. The van der Waals surface area contributed by atoms with E-state index in [1.807, 2.05) is 12.1 Å². The molecule has 1 aromatic carbocycles. The monoisotopic (exact) mass is 255 g/mol. The van der Waals surface area contributed by atoms with Crippen LogP contribution in [0, 0.1) is 20.8 Å². The average molecular weight is 255 g/mol. The number of benzene rings is 1. The first kappa shape index (κ1) is 13.7. The maximum atomic E-state index is 4.09. The molecule has 0 spiro atoms. The molecule has 0 amide bonds. The lowest BCUT2D eigenvalue weighted by Crippen LogP contribution is -2.20. The summed E-state index contributed by atoms with van der Waals surface area (Å²) in [4.78, 5) is 0. The van der Waals surface area contributed by atoms with Gasteiger partial charge in [-0.1, -0.05) is 17.7 Å². The largest absolute Gasteiger partial charge is 0.304 e. The zero-order valence-electron chi connectivity index (χ0n) is 12.1. The first-order valence-electron chi connectivity index (χ1n) is 6.65. The molecule has 0 bridgehead atoms. The minimum Gasteiger partial charge on any atom is -0.304 e. The SMILES string of the molecule is Cc1cc(C)c(C(C)NCc2cccnn2)c(C)c1. The van der Waals surface area contributed by atoms with Crippen molar-refractivity contribution < 1.29 is 0 Å². The van der Waals surface area contributed by atoms with Gasteiger partial charge in [0.05, 0.1) is 5.69 Å². The van der Waals surface area contributed by atoms with Crippen LogP contribution in [-0.2, 0) is 6.54 Å². The second-order valence-electron chi connectivity index (χ2n) is 5.13. The first-order valence-corrected chi connectivity index (χ1v) is 6.65. The van der Waals surface area contributed by atoms with E-state index in [1.54, 1.807) is 6.20 Å². The van der Waals surface area contributed by atoms with Crippen LogP contribution >= 0.6 is 0 Å². The molecular formula is C16H21N3. The highest BCUT2D eigenvalue weighted by Gasteiger charge is 2.11. The average Bonchev–Trinajstić information content (AvgIpc) is 2.36. The number of hydrogen-bond donors (Lipinski definition) is 1. The number of aromatic nitrogens is 2. The highest BCUT2D eigenvalue weighted by molar-refractivity contribution is 5.39. The Bertz CT molecular complexity index is 526. The van der Waals surface area contributed by atoms with Gasteiger partial charge in [-0.3, -0.25) is 0 Å². The summed E-state index contributed by atoms with van der Waals surface area (Å²) in [7, 11) is 0. The molecule has 0 aliphatic carbocycles. The number of aryl methyl sites for hydroxylation is 3.